The van der Waals surface area contributed by atoms with Gasteiger partial charge in [-0.2, -0.15) is 0 Å². The van der Waals surface area contributed by atoms with Gasteiger partial charge in [-0.05, 0) is 18.6 Å². The quantitative estimate of drug-likeness (QED) is 0.705. The molecular weight excluding hydrogens is 196 g/mol. The van der Waals surface area contributed by atoms with Gasteiger partial charge in [-0.25, -0.2) is 0 Å². The first-order valence-electron chi connectivity index (χ1n) is 6.37. The van der Waals surface area contributed by atoms with E-state index < -0.39 is 0 Å². The lowest BCUT2D eigenvalue weighted by molar-refractivity contribution is -0.910. The van der Waals surface area contributed by atoms with Crippen molar-refractivity contribution < 1.29 is 4.48 Å². The van der Waals surface area contributed by atoms with Gasteiger partial charge in [0, 0.05) is 5.69 Å². The maximum absolute atomic E-state index is 2.51. The molecule has 0 saturated carbocycles. The number of hydrogen-bond acceptors (Lipinski definition) is 1. The van der Waals surface area contributed by atoms with Gasteiger partial charge >= 0.3 is 0 Å². The number of piperazine rings is 1. The lowest BCUT2D eigenvalue weighted by Crippen LogP contribution is -2.57. The Labute approximate surface area is 99.1 Å². The summed E-state index contributed by atoms with van der Waals surface area (Å²) in [7, 11) is 2.39. The Morgan fingerprint density at radius 1 is 1.12 bits per heavy atom. The Hall–Kier alpha value is -1.02. The normalized spacial score (nSPS) is 19.8. The Balaban J connectivity index is 1.95. The third kappa shape index (κ3) is 2.56. The molecule has 1 aromatic carbocycles. The van der Waals surface area contributed by atoms with E-state index in [2.05, 4.69) is 49.2 Å². The van der Waals surface area contributed by atoms with Crippen molar-refractivity contribution in [2.24, 2.45) is 0 Å². The van der Waals surface area contributed by atoms with E-state index >= 15 is 0 Å². The molecule has 0 radical (unpaired) electrons. The molecule has 1 aromatic rings. The summed E-state index contributed by atoms with van der Waals surface area (Å²) in [5.74, 6) is 0. The first-order valence-corrected chi connectivity index (χ1v) is 6.37. The van der Waals surface area contributed by atoms with Crippen LogP contribution in [0.15, 0.2) is 30.3 Å². The Kier molecular flexibility index (Phi) is 3.49. The fourth-order valence-corrected chi connectivity index (χ4v) is 2.61. The van der Waals surface area contributed by atoms with Crippen LogP contribution in [0.25, 0.3) is 0 Å². The van der Waals surface area contributed by atoms with Gasteiger partial charge in [0.05, 0.1) is 39.8 Å². The van der Waals surface area contributed by atoms with Crippen molar-refractivity contribution in [3.8, 4) is 0 Å². The molecule has 1 aliphatic rings. The summed E-state index contributed by atoms with van der Waals surface area (Å²) in [6.45, 7) is 8.56. The maximum Gasteiger partial charge on any atom is 0.0963 e. The van der Waals surface area contributed by atoms with Crippen molar-refractivity contribution in [1.82, 2.24) is 0 Å². The van der Waals surface area contributed by atoms with Crippen molar-refractivity contribution in [3.05, 3.63) is 30.3 Å². The number of para-hydroxylation sites is 1. The predicted molar refractivity (Wildman–Crippen MR) is 69.7 cm³/mol. The van der Waals surface area contributed by atoms with E-state index in [0.717, 1.165) is 0 Å². The molecule has 2 heteroatoms. The third-order valence-electron chi connectivity index (χ3n) is 3.70. The van der Waals surface area contributed by atoms with E-state index in [0.29, 0.717) is 0 Å². The number of anilines is 1. The average Bonchev–Trinajstić information content (AvgIpc) is 2.31. The lowest BCUT2D eigenvalue weighted by atomic mass is 10.2. The van der Waals surface area contributed by atoms with Gasteiger partial charge in [-0.1, -0.05) is 25.1 Å². The van der Waals surface area contributed by atoms with Crippen LogP contribution in [-0.4, -0.2) is 44.3 Å². The topological polar surface area (TPSA) is 3.24 Å². The summed E-state index contributed by atoms with van der Waals surface area (Å²) in [5.41, 5.74) is 1.38. The molecule has 0 spiro atoms. The minimum absolute atomic E-state index is 1.19. The minimum Gasteiger partial charge on any atom is -0.360 e. The van der Waals surface area contributed by atoms with E-state index in [1.807, 2.05) is 0 Å². The molecule has 1 heterocycles. The molecule has 0 aromatic heterocycles. The highest BCUT2D eigenvalue weighted by molar-refractivity contribution is 5.46. The fraction of sp³-hybridized carbons (Fsp3) is 0.571. The first kappa shape index (κ1) is 11.5. The average molecular weight is 219 g/mol. The van der Waals surface area contributed by atoms with Crippen LogP contribution in [0.4, 0.5) is 5.69 Å². The number of hydrogen-bond donors (Lipinski definition) is 0. The van der Waals surface area contributed by atoms with Gasteiger partial charge in [0.15, 0.2) is 0 Å². The molecule has 0 bridgehead atoms. The third-order valence-corrected chi connectivity index (χ3v) is 3.70. The van der Waals surface area contributed by atoms with E-state index in [9.17, 15) is 0 Å². The highest BCUT2D eigenvalue weighted by atomic mass is 15.4. The number of rotatable bonds is 3. The molecule has 0 aliphatic carbocycles. The molecule has 16 heavy (non-hydrogen) atoms. The highest BCUT2D eigenvalue weighted by Crippen LogP contribution is 2.18. The standard InChI is InChI=1S/C14H23N2/c1-3-11-16(2)12-9-15(10-13-16)14-7-5-4-6-8-14/h4-8H,3,9-13H2,1-2H3/q+1. The molecule has 0 atom stereocenters. The summed E-state index contributed by atoms with van der Waals surface area (Å²) in [6.07, 6.45) is 1.29. The molecule has 0 N–H and O–H groups in total. The van der Waals surface area contributed by atoms with E-state index in [1.54, 1.807) is 0 Å². The number of quaternary nitrogens is 1. The summed E-state index contributed by atoms with van der Waals surface area (Å²) in [4.78, 5) is 2.51. The SMILES string of the molecule is CCC[N+]1(C)CCN(c2ccccc2)CC1. The summed E-state index contributed by atoms with van der Waals surface area (Å²) in [6, 6.07) is 10.8. The first-order chi connectivity index (χ1) is 7.73. The Morgan fingerprint density at radius 3 is 2.31 bits per heavy atom. The van der Waals surface area contributed by atoms with Crippen molar-refractivity contribution >= 4 is 5.69 Å². The van der Waals surface area contributed by atoms with Crippen molar-refractivity contribution in [3.63, 3.8) is 0 Å². The molecule has 1 fully saturated rings. The molecule has 1 saturated heterocycles. The van der Waals surface area contributed by atoms with Crippen LogP contribution >= 0.6 is 0 Å². The van der Waals surface area contributed by atoms with Crippen LogP contribution in [-0.2, 0) is 0 Å². The Bertz CT molecular complexity index is 313. The van der Waals surface area contributed by atoms with Crippen LogP contribution in [0.3, 0.4) is 0 Å². The summed E-state index contributed by atoms with van der Waals surface area (Å²) in [5, 5.41) is 0. The fourth-order valence-electron chi connectivity index (χ4n) is 2.61. The number of benzene rings is 1. The van der Waals surface area contributed by atoms with Crippen LogP contribution in [0.1, 0.15) is 13.3 Å². The van der Waals surface area contributed by atoms with Gasteiger partial charge in [-0.3, -0.25) is 0 Å². The summed E-state index contributed by atoms with van der Waals surface area (Å²) < 4.78 is 1.25. The van der Waals surface area contributed by atoms with Gasteiger partial charge in [-0.15, -0.1) is 0 Å². The van der Waals surface area contributed by atoms with Crippen molar-refractivity contribution in [2.75, 3.05) is 44.7 Å². The molecule has 2 nitrogen and oxygen atoms in total. The maximum atomic E-state index is 2.51. The van der Waals surface area contributed by atoms with Gasteiger partial charge in [0.1, 0.15) is 0 Å². The zero-order valence-electron chi connectivity index (χ0n) is 10.5. The van der Waals surface area contributed by atoms with E-state index in [4.69, 9.17) is 0 Å². The molecule has 2 rings (SSSR count). The minimum atomic E-state index is 1.19. The Morgan fingerprint density at radius 2 is 1.75 bits per heavy atom. The van der Waals surface area contributed by atoms with E-state index in [1.165, 1.54) is 49.3 Å². The molecule has 88 valence electrons. The summed E-state index contributed by atoms with van der Waals surface area (Å²) >= 11 is 0. The largest absolute Gasteiger partial charge is 0.360 e. The highest BCUT2D eigenvalue weighted by Gasteiger charge is 2.27. The van der Waals surface area contributed by atoms with Crippen LogP contribution in [0.2, 0.25) is 0 Å². The molecule has 0 unspecified atom stereocenters. The molecule has 0 amide bonds. The number of likely N-dealkylation sites (N-methyl/N-ethyl adjacent to an activating group) is 1. The van der Waals surface area contributed by atoms with Crippen LogP contribution in [0, 0.1) is 0 Å². The zero-order chi connectivity index (χ0) is 11.4. The van der Waals surface area contributed by atoms with E-state index in [-0.39, 0.29) is 0 Å². The van der Waals surface area contributed by atoms with Gasteiger partial charge < -0.3 is 9.38 Å². The monoisotopic (exact) mass is 219 g/mol. The van der Waals surface area contributed by atoms with Crippen molar-refractivity contribution in [1.29, 1.82) is 0 Å². The second-order valence-electron chi connectivity index (χ2n) is 5.11. The second-order valence-corrected chi connectivity index (χ2v) is 5.11. The van der Waals surface area contributed by atoms with Crippen molar-refractivity contribution in [2.45, 2.75) is 13.3 Å². The molecule has 1 aliphatic heterocycles. The van der Waals surface area contributed by atoms with Crippen LogP contribution in [0.5, 0.6) is 0 Å². The van der Waals surface area contributed by atoms with Crippen LogP contribution < -0.4 is 4.90 Å². The zero-order valence-corrected chi connectivity index (χ0v) is 10.5. The molecular formula is C14H23N2+. The van der Waals surface area contributed by atoms with Gasteiger partial charge in [0.25, 0.3) is 0 Å². The predicted octanol–water partition coefficient (Wildman–Crippen LogP) is 2.36. The lowest BCUT2D eigenvalue weighted by Gasteiger charge is -2.42. The van der Waals surface area contributed by atoms with Gasteiger partial charge in [0.2, 0.25) is 0 Å². The smallest absolute Gasteiger partial charge is 0.0963 e. The number of nitrogens with zero attached hydrogens (tertiary/aromatic N) is 2. The second kappa shape index (κ2) is 4.88.